The van der Waals surface area contributed by atoms with E-state index in [4.69, 9.17) is 14.6 Å². The first kappa shape index (κ1) is 13.2. The summed E-state index contributed by atoms with van der Waals surface area (Å²) in [5.74, 6) is 0.686. The van der Waals surface area contributed by atoms with Crippen molar-refractivity contribution in [3.63, 3.8) is 0 Å². The molecule has 0 amide bonds. The molecule has 0 saturated carbocycles. The third-order valence-corrected chi connectivity index (χ3v) is 2.76. The van der Waals surface area contributed by atoms with Gasteiger partial charge in [0.2, 0.25) is 0 Å². The van der Waals surface area contributed by atoms with Crippen LogP contribution in [0, 0.1) is 0 Å². The second-order valence-corrected chi connectivity index (χ2v) is 4.12. The molecule has 0 aliphatic carbocycles. The van der Waals surface area contributed by atoms with Crippen molar-refractivity contribution in [3.8, 4) is 11.5 Å². The highest BCUT2D eigenvalue weighted by Crippen LogP contribution is 2.29. The summed E-state index contributed by atoms with van der Waals surface area (Å²) in [7, 11) is 1.52. The maximum absolute atomic E-state index is 10.8. The Morgan fingerprint density at radius 1 is 1.47 bits per heavy atom. The van der Waals surface area contributed by atoms with Gasteiger partial charge in [-0.25, -0.2) is 4.79 Å². The van der Waals surface area contributed by atoms with Gasteiger partial charge in [0.1, 0.15) is 5.84 Å². The van der Waals surface area contributed by atoms with E-state index in [1.54, 1.807) is 12.1 Å². The molecule has 1 aliphatic heterocycles. The van der Waals surface area contributed by atoms with Gasteiger partial charge in [0, 0.05) is 12.1 Å². The molecule has 1 aromatic carbocycles. The molecule has 0 fully saturated rings. The van der Waals surface area contributed by atoms with E-state index in [0.29, 0.717) is 11.5 Å². The number of carboxylic acids is 1. The first-order valence-electron chi connectivity index (χ1n) is 5.98. The number of aliphatic imine (C=N–C) groups is 1. The minimum absolute atomic E-state index is 0.403. The number of carbonyl (C=O) groups is 1. The molecule has 0 radical (unpaired) electrons. The number of benzene rings is 1. The van der Waals surface area contributed by atoms with Crippen LogP contribution in [-0.4, -0.2) is 43.2 Å². The lowest BCUT2D eigenvalue weighted by Gasteiger charge is -2.14. The Balaban J connectivity index is 2.23. The van der Waals surface area contributed by atoms with E-state index in [2.05, 4.69) is 10.3 Å². The van der Waals surface area contributed by atoms with Crippen molar-refractivity contribution in [2.24, 2.45) is 4.99 Å². The fourth-order valence-corrected chi connectivity index (χ4v) is 1.74. The molecule has 6 heteroatoms. The van der Waals surface area contributed by atoms with Gasteiger partial charge < -0.3 is 19.9 Å². The number of amidine groups is 1. The Morgan fingerprint density at radius 3 is 2.84 bits per heavy atom. The number of hydrogen-bond acceptors (Lipinski definition) is 5. The lowest BCUT2D eigenvalue weighted by atomic mass is 10.2. The van der Waals surface area contributed by atoms with E-state index in [-0.39, 0.29) is 0 Å². The van der Waals surface area contributed by atoms with E-state index in [9.17, 15) is 4.79 Å². The fraction of sp³-hybridized carbons (Fsp3) is 0.385. The smallest absolute Gasteiger partial charge is 0.344 e. The van der Waals surface area contributed by atoms with E-state index in [1.165, 1.54) is 14.0 Å². The standard InChI is InChI=1S/C13H16N2O4/c1-8(13(16)17)19-10-4-3-9(7-11(10)18-2)12-14-5-6-15-12/h3-4,7-8H,5-6H2,1-2H3,(H,14,15)(H,16,17). The van der Waals surface area contributed by atoms with E-state index in [0.717, 1.165) is 24.5 Å². The zero-order valence-corrected chi connectivity index (χ0v) is 10.8. The highest BCUT2D eigenvalue weighted by molar-refractivity contribution is 6.00. The Morgan fingerprint density at radius 2 is 2.26 bits per heavy atom. The van der Waals surface area contributed by atoms with Crippen LogP contribution in [0.1, 0.15) is 12.5 Å². The zero-order chi connectivity index (χ0) is 13.8. The predicted octanol–water partition coefficient (Wildman–Crippen LogP) is 0.897. The van der Waals surface area contributed by atoms with Crippen molar-refractivity contribution in [1.82, 2.24) is 5.32 Å². The quantitative estimate of drug-likeness (QED) is 0.825. The van der Waals surface area contributed by atoms with Crippen molar-refractivity contribution in [1.29, 1.82) is 0 Å². The molecule has 1 unspecified atom stereocenters. The summed E-state index contributed by atoms with van der Waals surface area (Å²) in [6.07, 6.45) is -0.929. The number of nitrogens with zero attached hydrogens (tertiary/aromatic N) is 1. The molecule has 102 valence electrons. The third-order valence-electron chi connectivity index (χ3n) is 2.76. The Bertz CT molecular complexity index is 513. The Kier molecular flexibility index (Phi) is 3.89. The average molecular weight is 264 g/mol. The number of nitrogens with one attached hydrogen (secondary N) is 1. The van der Waals surface area contributed by atoms with Gasteiger partial charge >= 0.3 is 5.97 Å². The average Bonchev–Trinajstić information content (AvgIpc) is 2.93. The van der Waals surface area contributed by atoms with Gasteiger partial charge in [-0.1, -0.05) is 0 Å². The van der Waals surface area contributed by atoms with Crippen LogP contribution in [0.4, 0.5) is 0 Å². The monoisotopic (exact) mass is 264 g/mol. The number of carboxylic acid groups (broad SMARTS) is 1. The highest BCUT2D eigenvalue weighted by Gasteiger charge is 2.17. The van der Waals surface area contributed by atoms with Crippen molar-refractivity contribution >= 4 is 11.8 Å². The van der Waals surface area contributed by atoms with Crippen LogP contribution in [0.2, 0.25) is 0 Å². The van der Waals surface area contributed by atoms with Crippen LogP contribution in [0.5, 0.6) is 11.5 Å². The lowest BCUT2D eigenvalue weighted by Crippen LogP contribution is -2.23. The van der Waals surface area contributed by atoms with Crippen LogP contribution < -0.4 is 14.8 Å². The molecule has 1 atom stereocenters. The number of hydrogen-bond donors (Lipinski definition) is 2. The third kappa shape index (κ3) is 2.96. The molecule has 0 spiro atoms. The second-order valence-electron chi connectivity index (χ2n) is 4.12. The first-order valence-corrected chi connectivity index (χ1v) is 5.98. The minimum Gasteiger partial charge on any atom is -0.493 e. The second kappa shape index (κ2) is 5.60. The van der Waals surface area contributed by atoms with Crippen LogP contribution >= 0.6 is 0 Å². The van der Waals surface area contributed by atoms with Crippen molar-refractivity contribution in [2.45, 2.75) is 13.0 Å². The van der Waals surface area contributed by atoms with Gasteiger partial charge in [-0.15, -0.1) is 0 Å². The largest absolute Gasteiger partial charge is 0.493 e. The van der Waals surface area contributed by atoms with E-state index < -0.39 is 12.1 Å². The lowest BCUT2D eigenvalue weighted by molar-refractivity contribution is -0.144. The maximum atomic E-state index is 10.8. The van der Waals surface area contributed by atoms with Crippen LogP contribution in [0.25, 0.3) is 0 Å². The number of rotatable bonds is 5. The molecule has 1 aromatic rings. The molecule has 1 heterocycles. The number of aliphatic carboxylic acids is 1. The fourth-order valence-electron chi connectivity index (χ4n) is 1.74. The maximum Gasteiger partial charge on any atom is 0.344 e. The molecule has 2 N–H and O–H groups in total. The summed E-state index contributed by atoms with van der Waals surface area (Å²) < 4.78 is 10.6. The van der Waals surface area contributed by atoms with Gasteiger partial charge in [0.25, 0.3) is 0 Å². The highest BCUT2D eigenvalue weighted by atomic mass is 16.5. The topological polar surface area (TPSA) is 80.1 Å². The normalized spacial score (nSPS) is 15.4. The van der Waals surface area contributed by atoms with Crippen molar-refractivity contribution in [2.75, 3.05) is 20.2 Å². The SMILES string of the molecule is COc1cc(C2=NCCN2)ccc1OC(C)C(=O)O. The van der Waals surface area contributed by atoms with Gasteiger partial charge in [-0.2, -0.15) is 0 Å². The van der Waals surface area contributed by atoms with Crippen LogP contribution in [-0.2, 0) is 4.79 Å². The summed E-state index contributed by atoms with van der Waals surface area (Å²) in [6.45, 7) is 3.05. The molecule has 0 bridgehead atoms. The Labute approximate surface area is 111 Å². The minimum atomic E-state index is -1.02. The summed E-state index contributed by atoms with van der Waals surface area (Å²) in [5.41, 5.74) is 0.893. The molecule has 6 nitrogen and oxygen atoms in total. The predicted molar refractivity (Wildman–Crippen MR) is 70.1 cm³/mol. The number of methoxy groups -OCH3 is 1. The molecule has 0 aromatic heterocycles. The first-order chi connectivity index (χ1) is 9.11. The molecule has 19 heavy (non-hydrogen) atoms. The summed E-state index contributed by atoms with van der Waals surface area (Å²) in [6, 6.07) is 5.29. The van der Waals surface area contributed by atoms with Gasteiger partial charge in [-0.05, 0) is 25.1 Å². The van der Waals surface area contributed by atoms with Crippen LogP contribution in [0.3, 0.4) is 0 Å². The number of ether oxygens (including phenoxy) is 2. The summed E-state index contributed by atoms with van der Waals surface area (Å²) >= 11 is 0. The summed E-state index contributed by atoms with van der Waals surface area (Å²) in [4.78, 5) is 15.1. The van der Waals surface area contributed by atoms with Crippen molar-refractivity contribution < 1.29 is 19.4 Å². The Hall–Kier alpha value is -2.24. The molecular formula is C13H16N2O4. The van der Waals surface area contributed by atoms with Gasteiger partial charge in [0.05, 0.1) is 13.7 Å². The molecular weight excluding hydrogens is 248 g/mol. The van der Waals surface area contributed by atoms with E-state index in [1.807, 2.05) is 6.07 Å². The van der Waals surface area contributed by atoms with E-state index >= 15 is 0 Å². The van der Waals surface area contributed by atoms with Gasteiger partial charge in [-0.3, -0.25) is 4.99 Å². The van der Waals surface area contributed by atoms with Crippen LogP contribution in [0.15, 0.2) is 23.2 Å². The summed E-state index contributed by atoms with van der Waals surface area (Å²) in [5, 5.41) is 12.0. The molecule has 0 saturated heterocycles. The van der Waals surface area contributed by atoms with Crippen molar-refractivity contribution in [3.05, 3.63) is 23.8 Å². The molecule has 2 rings (SSSR count). The zero-order valence-electron chi connectivity index (χ0n) is 10.8. The van der Waals surface area contributed by atoms with Gasteiger partial charge in [0.15, 0.2) is 17.6 Å². The molecule has 1 aliphatic rings.